The number of nitrogens with one attached hydrogen (secondary N) is 1. The Morgan fingerprint density at radius 3 is 2.91 bits per heavy atom. The van der Waals surface area contributed by atoms with Crippen LogP contribution in [0.5, 0.6) is 0 Å². The van der Waals surface area contributed by atoms with E-state index < -0.39 is 0 Å². The average Bonchev–Trinajstić information content (AvgIpc) is 2.96. The summed E-state index contributed by atoms with van der Waals surface area (Å²) in [6.45, 7) is 3.88. The van der Waals surface area contributed by atoms with Crippen molar-refractivity contribution in [3.05, 3.63) is 47.7 Å². The Balaban J connectivity index is 1.72. The van der Waals surface area contributed by atoms with Crippen molar-refractivity contribution in [2.75, 3.05) is 5.32 Å². The van der Waals surface area contributed by atoms with Crippen LogP contribution in [-0.2, 0) is 11.2 Å². The van der Waals surface area contributed by atoms with Gasteiger partial charge in [-0.1, -0.05) is 6.07 Å². The fraction of sp³-hybridized carbons (Fsp3) is 0.267. The summed E-state index contributed by atoms with van der Waals surface area (Å²) in [6.07, 6.45) is 4.08. The van der Waals surface area contributed by atoms with Gasteiger partial charge in [-0.2, -0.15) is 10.1 Å². The number of aromatic nitrogens is 5. The van der Waals surface area contributed by atoms with E-state index >= 15 is 0 Å². The summed E-state index contributed by atoms with van der Waals surface area (Å²) >= 11 is 0. The Morgan fingerprint density at radius 1 is 1.27 bits per heavy atom. The highest BCUT2D eigenvalue weighted by atomic mass is 16.1. The number of nitrogens with zero attached hydrogens (tertiary/aromatic N) is 5. The van der Waals surface area contributed by atoms with Gasteiger partial charge < -0.3 is 5.32 Å². The predicted molar refractivity (Wildman–Crippen MR) is 81.4 cm³/mol. The highest BCUT2D eigenvalue weighted by Gasteiger charge is 2.12. The molecule has 0 saturated carbocycles. The lowest BCUT2D eigenvalue weighted by molar-refractivity contribution is -0.116. The minimum absolute atomic E-state index is 0.0730. The topological polar surface area (TPSA) is 85.1 Å². The standard InChI is InChI=1S/C15H16N6O/c1-10-12(11(2)21-15(19-10)17-9-18-21)6-7-14(22)20-13-5-3-4-8-16-13/h3-5,8-9H,6-7H2,1-2H3,(H,16,20,22). The molecule has 0 saturated heterocycles. The van der Waals surface area contributed by atoms with Crippen molar-refractivity contribution in [3.8, 4) is 0 Å². The van der Waals surface area contributed by atoms with E-state index in [1.165, 1.54) is 6.33 Å². The average molecular weight is 296 g/mol. The zero-order valence-corrected chi connectivity index (χ0v) is 12.4. The second kappa shape index (κ2) is 5.88. The van der Waals surface area contributed by atoms with Crippen molar-refractivity contribution in [1.82, 2.24) is 24.6 Å². The highest BCUT2D eigenvalue weighted by Crippen LogP contribution is 2.15. The first-order valence-electron chi connectivity index (χ1n) is 7.02. The van der Waals surface area contributed by atoms with Crippen LogP contribution in [0.15, 0.2) is 30.7 Å². The molecule has 7 heteroatoms. The fourth-order valence-corrected chi connectivity index (χ4v) is 2.40. The molecule has 0 unspecified atom stereocenters. The molecule has 112 valence electrons. The number of aryl methyl sites for hydroxylation is 2. The summed E-state index contributed by atoms with van der Waals surface area (Å²) < 4.78 is 1.69. The van der Waals surface area contributed by atoms with Crippen LogP contribution in [0.25, 0.3) is 5.78 Å². The summed E-state index contributed by atoms with van der Waals surface area (Å²) in [5.41, 5.74) is 2.86. The molecular formula is C15H16N6O. The number of carbonyl (C=O) groups excluding carboxylic acids is 1. The van der Waals surface area contributed by atoms with Gasteiger partial charge in [0.1, 0.15) is 12.1 Å². The van der Waals surface area contributed by atoms with Gasteiger partial charge in [0, 0.05) is 24.0 Å². The molecule has 0 spiro atoms. The molecule has 0 atom stereocenters. The summed E-state index contributed by atoms with van der Waals surface area (Å²) in [5, 5.41) is 6.93. The van der Waals surface area contributed by atoms with Crippen molar-refractivity contribution in [1.29, 1.82) is 0 Å². The monoisotopic (exact) mass is 296 g/mol. The van der Waals surface area contributed by atoms with Crippen LogP contribution >= 0.6 is 0 Å². The predicted octanol–water partition coefficient (Wildman–Crippen LogP) is 1.71. The van der Waals surface area contributed by atoms with Gasteiger partial charge in [-0.15, -0.1) is 0 Å². The van der Waals surface area contributed by atoms with Crippen LogP contribution in [0.1, 0.15) is 23.4 Å². The molecule has 0 aliphatic heterocycles. The Bertz CT molecular complexity index is 812. The van der Waals surface area contributed by atoms with E-state index in [1.807, 2.05) is 19.9 Å². The summed E-state index contributed by atoms with van der Waals surface area (Å²) in [7, 11) is 0. The zero-order chi connectivity index (χ0) is 15.5. The van der Waals surface area contributed by atoms with E-state index in [9.17, 15) is 4.79 Å². The molecule has 0 bridgehead atoms. The van der Waals surface area contributed by atoms with Crippen LogP contribution in [0.2, 0.25) is 0 Å². The van der Waals surface area contributed by atoms with Gasteiger partial charge >= 0.3 is 0 Å². The first-order valence-corrected chi connectivity index (χ1v) is 7.02. The maximum atomic E-state index is 12.0. The maximum absolute atomic E-state index is 12.0. The molecule has 3 rings (SSSR count). The Morgan fingerprint density at radius 2 is 2.14 bits per heavy atom. The SMILES string of the molecule is Cc1nc2ncnn2c(C)c1CCC(=O)Nc1ccccn1. The summed E-state index contributed by atoms with van der Waals surface area (Å²) in [6, 6.07) is 5.40. The number of hydrogen-bond acceptors (Lipinski definition) is 5. The molecule has 7 nitrogen and oxygen atoms in total. The first-order chi connectivity index (χ1) is 10.6. The van der Waals surface area contributed by atoms with Crippen molar-refractivity contribution in [2.24, 2.45) is 0 Å². The number of amides is 1. The molecular weight excluding hydrogens is 280 g/mol. The number of hydrogen-bond donors (Lipinski definition) is 1. The molecule has 0 aliphatic carbocycles. The normalized spacial score (nSPS) is 10.8. The van der Waals surface area contributed by atoms with E-state index in [0.717, 1.165) is 17.0 Å². The summed E-state index contributed by atoms with van der Waals surface area (Å²) in [5.74, 6) is 1.07. The van der Waals surface area contributed by atoms with Crippen LogP contribution in [-0.4, -0.2) is 30.5 Å². The van der Waals surface area contributed by atoms with Crippen LogP contribution < -0.4 is 5.32 Å². The van der Waals surface area contributed by atoms with Crippen molar-refractivity contribution < 1.29 is 4.79 Å². The third-order valence-corrected chi connectivity index (χ3v) is 3.52. The van der Waals surface area contributed by atoms with E-state index in [0.29, 0.717) is 24.4 Å². The number of pyridine rings is 1. The number of carbonyl (C=O) groups is 1. The number of anilines is 1. The molecule has 1 N–H and O–H groups in total. The Kier molecular flexibility index (Phi) is 3.78. The van der Waals surface area contributed by atoms with Gasteiger partial charge in [0.2, 0.25) is 5.91 Å². The van der Waals surface area contributed by atoms with Gasteiger partial charge in [0.25, 0.3) is 5.78 Å². The molecule has 0 aromatic carbocycles. The van der Waals surface area contributed by atoms with E-state index in [4.69, 9.17) is 0 Å². The molecule has 22 heavy (non-hydrogen) atoms. The molecule has 3 heterocycles. The third kappa shape index (κ3) is 2.78. The smallest absolute Gasteiger partial charge is 0.252 e. The molecule has 1 amide bonds. The number of rotatable bonds is 4. The van der Waals surface area contributed by atoms with Gasteiger partial charge in [-0.05, 0) is 38.0 Å². The van der Waals surface area contributed by atoms with Gasteiger partial charge in [-0.25, -0.2) is 14.5 Å². The Labute approximate surface area is 127 Å². The Hall–Kier alpha value is -2.83. The van der Waals surface area contributed by atoms with Gasteiger partial charge in [0.05, 0.1) is 0 Å². The summed E-state index contributed by atoms with van der Waals surface area (Å²) in [4.78, 5) is 24.6. The minimum Gasteiger partial charge on any atom is -0.311 e. The quantitative estimate of drug-likeness (QED) is 0.792. The van der Waals surface area contributed by atoms with Gasteiger partial charge in [-0.3, -0.25) is 4.79 Å². The second-order valence-electron chi connectivity index (χ2n) is 5.00. The largest absolute Gasteiger partial charge is 0.311 e. The lowest BCUT2D eigenvalue weighted by Gasteiger charge is -2.10. The van der Waals surface area contributed by atoms with Crippen molar-refractivity contribution >= 4 is 17.5 Å². The lowest BCUT2D eigenvalue weighted by atomic mass is 10.1. The first kappa shape index (κ1) is 14.1. The van der Waals surface area contributed by atoms with Crippen molar-refractivity contribution in [3.63, 3.8) is 0 Å². The van der Waals surface area contributed by atoms with Gasteiger partial charge in [0.15, 0.2) is 0 Å². The van der Waals surface area contributed by atoms with E-state index in [2.05, 4.69) is 25.4 Å². The second-order valence-corrected chi connectivity index (χ2v) is 5.00. The number of fused-ring (bicyclic) bond motifs is 1. The molecule has 3 aromatic heterocycles. The van der Waals surface area contributed by atoms with Crippen molar-refractivity contribution in [2.45, 2.75) is 26.7 Å². The van der Waals surface area contributed by atoms with Crippen LogP contribution in [0.4, 0.5) is 5.82 Å². The third-order valence-electron chi connectivity index (χ3n) is 3.52. The lowest BCUT2D eigenvalue weighted by Crippen LogP contribution is -2.15. The highest BCUT2D eigenvalue weighted by molar-refractivity contribution is 5.89. The fourth-order valence-electron chi connectivity index (χ4n) is 2.40. The van der Waals surface area contributed by atoms with E-state index in [1.54, 1.807) is 22.8 Å². The molecule has 0 aliphatic rings. The molecule has 0 radical (unpaired) electrons. The van der Waals surface area contributed by atoms with Crippen LogP contribution in [0.3, 0.4) is 0 Å². The minimum atomic E-state index is -0.0730. The van der Waals surface area contributed by atoms with Crippen LogP contribution in [0, 0.1) is 13.8 Å². The zero-order valence-electron chi connectivity index (χ0n) is 12.4. The maximum Gasteiger partial charge on any atom is 0.252 e. The molecule has 3 aromatic rings. The van der Waals surface area contributed by atoms with E-state index in [-0.39, 0.29) is 5.91 Å². The molecule has 0 fully saturated rings.